The van der Waals surface area contributed by atoms with E-state index in [0.717, 1.165) is 18.1 Å². The van der Waals surface area contributed by atoms with Gasteiger partial charge in [-0.1, -0.05) is 23.7 Å². The SMILES string of the molecule is CC1(Cc2ccc(Cl)cc2)CO1. The molecule has 12 heavy (non-hydrogen) atoms. The molecule has 1 atom stereocenters. The molecule has 2 heteroatoms. The van der Waals surface area contributed by atoms with E-state index in [1.807, 2.05) is 12.1 Å². The third-order valence-corrected chi connectivity index (χ3v) is 2.38. The van der Waals surface area contributed by atoms with Crippen LogP contribution in [0.15, 0.2) is 24.3 Å². The summed E-state index contributed by atoms with van der Waals surface area (Å²) in [4.78, 5) is 0. The van der Waals surface area contributed by atoms with Gasteiger partial charge >= 0.3 is 0 Å². The number of hydrogen-bond donors (Lipinski definition) is 0. The highest BCUT2D eigenvalue weighted by molar-refractivity contribution is 6.30. The van der Waals surface area contributed by atoms with Gasteiger partial charge in [0.2, 0.25) is 0 Å². The van der Waals surface area contributed by atoms with Gasteiger partial charge in [-0.3, -0.25) is 0 Å². The van der Waals surface area contributed by atoms with Crippen molar-refractivity contribution in [2.75, 3.05) is 6.61 Å². The molecule has 0 aliphatic carbocycles. The zero-order valence-electron chi connectivity index (χ0n) is 7.01. The summed E-state index contributed by atoms with van der Waals surface area (Å²) in [6.07, 6.45) is 0.990. The fraction of sp³-hybridized carbons (Fsp3) is 0.400. The van der Waals surface area contributed by atoms with Crippen LogP contribution in [0.2, 0.25) is 5.02 Å². The predicted octanol–water partition coefficient (Wildman–Crippen LogP) is 2.67. The van der Waals surface area contributed by atoms with Crippen LogP contribution in [0.5, 0.6) is 0 Å². The molecule has 2 rings (SSSR count). The zero-order chi connectivity index (χ0) is 8.60. The van der Waals surface area contributed by atoms with Crippen molar-refractivity contribution in [3.63, 3.8) is 0 Å². The highest BCUT2D eigenvalue weighted by atomic mass is 35.5. The lowest BCUT2D eigenvalue weighted by molar-refractivity contribution is 0.322. The zero-order valence-corrected chi connectivity index (χ0v) is 7.77. The number of benzene rings is 1. The van der Waals surface area contributed by atoms with E-state index >= 15 is 0 Å². The second-order valence-corrected chi connectivity index (χ2v) is 3.98. The summed E-state index contributed by atoms with van der Waals surface area (Å²) in [6, 6.07) is 7.94. The van der Waals surface area contributed by atoms with Crippen LogP contribution in [0, 0.1) is 0 Å². The average molecular weight is 183 g/mol. The first-order valence-corrected chi connectivity index (χ1v) is 4.44. The Kier molecular flexibility index (Phi) is 1.85. The van der Waals surface area contributed by atoms with Crippen molar-refractivity contribution < 1.29 is 4.74 Å². The monoisotopic (exact) mass is 182 g/mol. The minimum Gasteiger partial charge on any atom is -0.370 e. The molecule has 1 heterocycles. The van der Waals surface area contributed by atoms with Gasteiger partial charge in [-0.05, 0) is 24.6 Å². The van der Waals surface area contributed by atoms with Crippen molar-refractivity contribution in [2.45, 2.75) is 18.9 Å². The van der Waals surface area contributed by atoms with Crippen molar-refractivity contribution in [3.8, 4) is 0 Å². The molecule has 0 radical (unpaired) electrons. The molecule has 1 aromatic rings. The second kappa shape index (κ2) is 2.75. The van der Waals surface area contributed by atoms with Gasteiger partial charge in [-0.2, -0.15) is 0 Å². The molecule has 0 saturated carbocycles. The molecular weight excluding hydrogens is 172 g/mol. The maximum absolute atomic E-state index is 5.77. The lowest BCUT2D eigenvalue weighted by Gasteiger charge is -2.04. The molecule has 1 aliphatic rings. The van der Waals surface area contributed by atoms with E-state index in [4.69, 9.17) is 16.3 Å². The standard InChI is InChI=1S/C10H11ClO/c1-10(7-12-10)6-8-2-4-9(11)5-3-8/h2-5H,6-7H2,1H3. The smallest absolute Gasteiger partial charge is 0.0928 e. The Morgan fingerprint density at radius 2 is 2.00 bits per heavy atom. The second-order valence-electron chi connectivity index (χ2n) is 3.54. The van der Waals surface area contributed by atoms with Gasteiger partial charge in [0.25, 0.3) is 0 Å². The molecule has 1 aliphatic heterocycles. The molecule has 1 saturated heterocycles. The molecule has 1 fully saturated rings. The van der Waals surface area contributed by atoms with Gasteiger partial charge in [-0.25, -0.2) is 0 Å². The Bertz CT molecular complexity index is 274. The van der Waals surface area contributed by atoms with Gasteiger partial charge in [0.05, 0.1) is 12.2 Å². The van der Waals surface area contributed by atoms with Gasteiger partial charge in [0, 0.05) is 11.4 Å². The van der Waals surface area contributed by atoms with E-state index in [1.165, 1.54) is 5.56 Å². The maximum Gasteiger partial charge on any atom is 0.0928 e. The molecule has 64 valence electrons. The third kappa shape index (κ3) is 1.79. The van der Waals surface area contributed by atoms with E-state index in [-0.39, 0.29) is 5.60 Å². The summed E-state index contributed by atoms with van der Waals surface area (Å²) in [5.74, 6) is 0. The highest BCUT2D eigenvalue weighted by Gasteiger charge is 2.38. The van der Waals surface area contributed by atoms with Crippen LogP contribution >= 0.6 is 11.6 Å². The van der Waals surface area contributed by atoms with Gasteiger partial charge in [-0.15, -0.1) is 0 Å². The van der Waals surface area contributed by atoms with Crippen molar-refractivity contribution in [1.82, 2.24) is 0 Å². The molecule has 0 amide bonds. The summed E-state index contributed by atoms with van der Waals surface area (Å²) in [7, 11) is 0. The first-order chi connectivity index (χ1) is 5.68. The summed E-state index contributed by atoms with van der Waals surface area (Å²) in [5.41, 5.74) is 1.40. The number of rotatable bonds is 2. The van der Waals surface area contributed by atoms with Crippen LogP contribution in [-0.2, 0) is 11.2 Å². The highest BCUT2D eigenvalue weighted by Crippen LogP contribution is 2.30. The Balaban J connectivity index is 2.08. The maximum atomic E-state index is 5.77. The predicted molar refractivity (Wildman–Crippen MR) is 49.5 cm³/mol. The largest absolute Gasteiger partial charge is 0.370 e. The number of halogens is 1. The Morgan fingerprint density at radius 1 is 1.42 bits per heavy atom. The fourth-order valence-corrected chi connectivity index (χ4v) is 1.39. The van der Waals surface area contributed by atoms with Crippen LogP contribution in [0.3, 0.4) is 0 Å². The minimum atomic E-state index is 0.105. The van der Waals surface area contributed by atoms with Crippen LogP contribution < -0.4 is 0 Å². The third-order valence-electron chi connectivity index (χ3n) is 2.13. The Morgan fingerprint density at radius 3 is 2.50 bits per heavy atom. The molecular formula is C10H11ClO. The average Bonchev–Trinajstić information content (AvgIpc) is 2.74. The van der Waals surface area contributed by atoms with Crippen molar-refractivity contribution in [3.05, 3.63) is 34.9 Å². The first kappa shape index (κ1) is 8.09. The van der Waals surface area contributed by atoms with E-state index in [2.05, 4.69) is 19.1 Å². The first-order valence-electron chi connectivity index (χ1n) is 4.06. The molecule has 1 nitrogen and oxygen atoms in total. The van der Waals surface area contributed by atoms with E-state index < -0.39 is 0 Å². The van der Waals surface area contributed by atoms with Crippen LogP contribution in [0.25, 0.3) is 0 Å². The topological polar surface area (TPSA) is 12.5 Å². The number of epoxide rings is 1. The lowest BCUT2D eigenvalue weighted by Crippen LogP contribution is -2.08. The molecule has 0 bridgehead atoms. The summed E-state index contributed by atoms with van der Waals surface area (Å²) in [6.45, 7) is 3.01. The van der Waals surface area contributed by atoms with Crippen LogP contribution in [0.1, 0.15) is 12.5 Å². The van der Waals surface area contributed by atoms with Crippen molar-refractivity contribution in [1.29, 1.82) is 0 Å². The summed E-state index contributed by atoms with van der Waals surface area (Å²) in [5, 5.41) is 0.792. The van der Waals surface area contributed by atoms with Gasteiger partial charge < -0.3 is 4.74 Å². The normalized spacial score (nSPS) is 27.2. The summed E-state index contributed by atoms with van der Waals surface area (Å²) >= 11 is 5.77. The molecule has 0 N–H and O–H groups in total. The fourth-order valence-electron chi connectivity index (χ4n) is 1.26. The summed E-state index contributed by atoms with van der Waals surface area (Å²) < 4.78 is 5.30. The minimum absolute atomic E-state index is 0.105. The molecule has 1 aromatic carbocycles. The lowest BCUT2D eigenvalue weighted by atomic mass is 10.0. The van der Waals surface area contributed by atoms with Crippen molar-refractivity contribution in [2.24, 2.45) is 0 Å². The van der Waals surface area contributed by atoms with E-state index in [1.54, 1.807) is 0 Å². The van der Waals surface area contributed by atoms with Gasteiger partial charge in [0.1, 0.15) is 0 Å². The van der Waals surface area contributed by atoms with Gasteiger partial charge in [0.15, 0.2) is 0 Å². The van der Waals surface area contributed by atoms with Crippen LogP contribution in [0.4, 0.5) is 0 Å². The number of hydrogen-bond acceptors (Lipinski definition) is 1. The van der Waals surface area contributed by atoms with E-state index in [0.29, 0.717) is 0 Å². The molecule has 0 spiro atoms. The molecule has 0 aromatic heterocycles. The molecule has 1 unspecified atom stereocenters. The number of ether oxygens (including phenoxy) is 1. The van der Waals surface area contributed by atoms with Crippen LogP contribution in [-0.4, -0.2) is 12.2 Å². The van der Waals surface area contributed by atoms with Crippen molar-refractivity contribution >= 4 is 11.6 Å². The van der Waals surface area contributed by atoms with E-state index in [9.17, 15) is 0 Å². The Labute approximate surface area is 77.3 Å². The quantitative estimate of drug-likeness (QED) is 0.641. The Hall–Kier alpha value is -0.530.